The Morgan fingerprint density at radius 3 is 2.50 bits per heavy atom. The molecule has 0 aromatic rings. The SMILES string of the molecule is CCCCCCN(CCN1CCCC1)CC(C)C(=O)O. The molecule has 1 atom stereocenters. The molecule has 118 valence electrons. The summed E-state index contributed by atoms with van der Waals surface area (Å²) in [6.07, 6.45) is 7.64. The van der Waals surface area contributed by atoms with Gasteiger partial charge < -0.3 is 14.9 Å². The van der Waals surface area contributed by atoms with Gasteiger partial charge in [-0.25, -0.2) is 0 Å². The normalized spacial score (nSPS) is 17.8. The van der Waals surface area contributed by atoms with Crippen molar-refractivity contribution in [3.05, 3.63) is 0 Å². The standard InChI is InChI=1S/C16H32N2O2/c1-3-4-5-6-11-18(14-15(2)16(19)20)13-12-17-9-7-8-10-17/h15H,3-14H2,1-2H3,(H,19,20). The number of likely N-dealkylation sites (tertiary alicyclic amines) is 1. The van der Waals surface area contributed by atoms with Crippen molar-refractivity contribution in [2.24, 2.45) is 5.92 Å². The first-order chi connectivity index (χ1) is 9.63. The molecule has 1 aliphatic heterocycles. The number of aliphatic carboxylic acids is 1. The first-order valence-corrected chi connectivity index (χ1v) is 8.31. The van der Waals surface area contributed by atoms with Crippen LogP contribution in [0, 0.1) is 5.92 Å². The summed E-state index contributed by atoms with van der Waals surface area (Å²) < 4.78 is 0. The van der Waals surface area contributed by atoms with Crippen molar-refractivity contribution in [1.82, 2.24) is 9.80 Å². The maximum atomic E-state index is 11.0. The van der Waals surface area contributed by atoms with Crippen LogP contribution in [0.1, 0.15) is 52.4 Å². The van der Waals surface area contributed by atoms with E-state index in [1.165, 1.54) is 51.6 Å². The molecule has 0 radical (unpaired) electrons. The number of unbranched alkanes of at least 4 members (excludes halogenated alkanes) is 3. The van der Waals surface area contributed by atoms with Gasteiger partial charge in [0.2, 0.25) is 0 Å². The van der Waals surface area contributed by atoms with E-state index in [0.717, 1.165) is 19.6 Å². The van der Waals surface area contributed by atoms with E-state index in [9.17, 15) is 4.79 Å². The molecule has 0 aromatic carbocycles. The topological polar surface area (TPSA) is 43.8 Å². The van der Waals surface area contributed by atoms with Crippen molar-refractivity contribution in [1.29, 1.82) is 0 Å². The molecule has 20 heavy (non-hydrogen) atoms. The molecule has 1 saturated heterocycles. The fourth-order valence-electron chi connectivity index (χ4n) is 2.81. The molecule has 0 aliphatic carbocycles. The summed E-state index contributed by atoms with van der Waals surface area (Å²) in [6.45, 7) is 10.3. The van der Waals surface area contributed by atoms with Gasteiger partial charge in [-0.3, -0.25) is 4.79 Å². The minimum absolute atomic E-state index is 0.264. The summed E-state index contributed by atoms with van der Waals surface area (Å²) >= 11 is 0. The highest BCUT2D eigenvalue weighted by Crippen LogP contribution is 2.09. The van der Waals surface area contributed by atoms with Crippen LogP contribution < -0.4 is 0 Å². The van der Waals surface area contributed by atoms with Crippen LogP contribution >= 0.6 is 0 Å². The van der Waals surface area contributed by atoms with Crippen LogP contribution in [0.25, 0.3) is 0 Å². The molecule has 0 aromatic heterocycles. The zero-order valence-corrected chi connectivity index (χ0v) is 13.3. The van der Waals surface area contributed by atoms with Gasteiger partial charge in [0.05, 0.1) is 5.92 Å². The van der Waals surface area contributed by atoms with Crippen LogP contribution in [0.5, 0.6) is 0 Å². The lowest BCUT2D eigenvalue weighted by Gasteiger charge is -2.26. The minimum Gasteiger partial charge on any atom is -0.481 e. The number of carboxylic acid groups (broad SMARTS) is 1. The Bertz CT molecular complexity index is 265. The summed E-state index contributed by atoms with van der Waals surface area (Å²) in [5.41, 5.74) is 0. The van der Waals surface area contributed by atoms with Crippen LogP contribution in [0.15, 0.2) is 0 Å². The molecular formula is C16H32N2O2. The molecule has 0 bridgehead atoms. The fraction of sp³-hybridized carbons (Fsp3) is 0.938. The molecule has 0 saturated carbocycles. The maximum Gasteiger partial charge on any atom is 0.307 e. The maximum absolute atomic E-state index is 11.0. The van der Waals surface area contributed by atoms with Crippen molar-refractivity contribution in [2.45, 2.75) is 52.4 Å². The van der Waals surface area contributed by atoms with Crippen LogP contribution in [-0.4, -0.2) is 60.1 Å². The highest BCUT2D eigenvalue weighted by atomic mass is 16.4. The number of hydrogen-bond acceptors (Lipinski definition) is 3. The molecule has 1 heterocycles. The highest BCUT2D eigenvalue weighted by Gasteiger charge is 2.18. The number of nitrogens with zero attached hydrogens (tertiary/aromatic N) is 2. The monoisotopic (exact) mass is 284 g/mol. The second-order valence-corrected chi connectivity index (χ2v) is 6.15. The lowest BCUT2D eigenvalue weighted by atomic mass is 10.1. The molecule has 1 unspecified atom stereocenters. The Labute approximate surface area is 124 Å². The highest BCUT2D eigenvalue weighted by molar-refractivity contribution is 5.69. The second-order valence-electron chi connectivity index (χ2n) is 6.15. The zero-order valence-electron chi connectivity index (χ0n) is 13.3. The summed E-state index contributed by atoms with van der Waals surface area (Å²) in [6, 6.07) is 0. The number of rotatable bonds is 11. The summed E-state index contributed by atoms with van der Waals surface area (Å²) in [7, 11) is 0. The average molecular weight is 284 g/mol. The minimum atomic E-state index is -0.676. The van der Waals surface area contributed by atoms with Gasteiger partial charge in [0, 0.05) is 19.6 Å². The predicted molar refractivity (Wildman–Crippen MR) is 83.1 cm³/mol. The third-order valence-corrected chi connectivity index (χ3v) is 4.21. The van der Waals surface area contributed by atoms with Gasteiger partial charge in [-0.1, -0.05) is 33.1 Å². The summed E-state index contributed by atoms with van der Waals surface area (Å²) in [4.78, 5) is 15.9. The Hall–Kier alpha value is -0.610. The van der Waals surface area contributed by atoms with E-state index in [-0.39, 0.29) is 5.92 Å². The van der Waals surface area contributed by atoms with Crippen molar-refractivity contribution in [3.8, 4) is 0 Å². The molecule has 4 heteroatoms. The molecule has 4 nitrogen and oxygen atoms in total. The Balaban J connectivity index is 2.30. The quantitative estimate of drug-likeness (QED) is 0.592. The Kier molecular flexibility index (Phi) is 8.86. The number of hydrogen-bond donors (Lipinski definition) is 1. The third-order valence-electron chi connectivity index (χ3n) is 4.21. The Morgan fingerprint density at radius 1 is 1.20 bits per heavy atom. The molecule has 1 rings (SSSR count). The largest absolute Gasteiger partial charge is 0.481 e. The number of carbonyl (C=O) groups is 1. The molecule has 0 amide bonds. The van der Waals surface area contributed by atoms with E-state index in [4.69, 9.17) is 5.11 Å². The van der Waals surface area contributed by atoms with Gasteiger partial charge in [0.15, 0.2) is 0 Å². The lowest BCUT2D eigenvalue weighted by Crippen LogP contribution is -2.38. The van der Waals surface area contributed by atoms with Gasteiger partial charge in [-0.15, -0.1) is 0 Å². The third kappa shape index (κ3) is 7.25. The molecule has 1 fully saturated rings. The van der Waals surface area contributed by atoms with Gasteiger partial charge >= 0.3 is 5.97 Å². The molecule has 1 aliphatic rings. The predicted octanol–water partition coefficient (Wildman–Crippen LogP) is 2.69. The smallest absolute Gasteiger partial charge is 0.307 e. The summed E-state index contributed by atoms with van der Waals surface area (Å²) in [5, 5.41) is 9.08. The van der Waals surface area contributed by atoms with Gasteiger partial charge in [-0.2, -0.15) is 0 Å². The van der Waals surface area contributed by atoms with Crippen LogP contribution in [0.2, 0.25) is 0 Å². The van der Waals surface area contributed by atoms with E-state index < -0.39 is 5.97 Å². The van der Waals surface area contributed by atoms with E-state index >= 15 is 0 Å². The van der Waals surface area contributed by atoms with Crippen LogP contribution in [-0.2, 0) is 4.79 Å². The fourth-order valence-corrected chi connectivity index (χ4v) is 2.81. The van der Waals surface area contributed by atoms with Gasteiger partial charge in [0.1, 0.15) is 0 Å². The van der Waals surface area contributed by atoms with Gasteiger partial charge in [-0.05, 0) is 38.9 Å². The van der Waals surface area contributed by atoms with Crippen molar-refractivity contribution >= 4 is 5.97 Å². The van der Waals surface area contributed by atoms with Crippen molar-refractivity contribution in [2.75, 3.05) is 39.3 Å². The summed E-state index contributed by atoms with van der Waals surface area (Å²) in [5.74, 6) is -0.940. The molecular weight excluding hydrogens is 252 g/mol. The zero-order chi connectivity index (χ0) is 14.8. The van der Waals surface area contributed by atoms with Crippen LogP contribution in [0.4, 0.5) is 0 Å². The van der Waals surface area contributed by atoms with E-state index in [1.54, 1.807) is 0 Å². The van der Waals surface area contributed by atoms with Crippen molar-refractivity contribution in [3.63, 3.8) is 0 Å². The van der Waals surface area contributed by atoms with E-state index in [2.05, 4.69) is 16.7 Å². The molecule has 1 N–H and O–H groups in total. The lowest BCUT2D eigenvalue weighted by molar-refractivity contribution is -0.141. The first kappa shape index (κ1) is 17.4. The second kappa shape index (κ2) is 10.2. The van der Waals surface area contributed by atoms with E-state index in [1.807, 2.05) is 6.92 Å². The molecule has 0 spiro atoms. The Morgan fingerprint density at radius 2 is 1.90 bits per heavy atom. The number of carboxylic acids is 1. The first-order valence-electron chi connectivity index (χ1n) is 8.31. The van der Waals surface area contributed by atoms with E-state index in [0.29, 0.717) is 6.54 Å². The van der Waals surface area contributed by atoms with Gasteiger partial charge in [0.25, 0.3) is 0 Å². The van der Waals surface area contributed by atoms with Crippen molar-refractivity contribution < 1.29 is 9.90 Å². The van der Waals surface area contributed by atoms with Crippen LogP contribution in [0.3, 0.4) is 0 Å². The average Bonchev–Trinajstić information content (AvgIpc) is 2.93.